The Labute approximate surface area is 151 Å². The van der Waals surface area contributed by atoms with Gasteiger partial charge in [0.15, 0.2) is 12.6 Å². The van der Waals surface area contributed by atoms with Crippen LogP contribution < -0.4 is 14.7 Å². The van der Waals surface area contributed by atoms with Crippen molar-refractivity contribution in [1.82, 2.24) is 0 Å². The molecule has 0 aliphatic carbocycles. The fourth-order valence-corrected chi connectivity index (χ4v) is 4.25. The summed E-state index contributed by atoms with van der Waals surface area (Å²) in [5, 5.41) is 0.722. The summed E-state index contributed by atoms with van der Waals surface area (Å²) in [6.07, 6.45) is -0.803. The van der Waals surface area contributed by atoms with Crippen LogP contribution in [0.5, 0.6) is 11.5 Å². The third kappa shape index (κ3) is 6.25. The molecule has 0 aliphatic rings. The van der Waals surface area contributed by atoms with Crippen LogP contribution in [0.2, 0.25) is 0 Å². The summed E-state index contributed by atoms with van der Waals surface area (Å²) in [6.45, 7) is 8.58. The van der Waals surface area contributed by atoms with Crippen LogP contribution in [0.4, 0.5) is 0 Å². The first kappa shape index (κ1) is 21.9. The Morgan fingerprint density at radius 3 is 1.48 bits per heavy atom. The van der Waals surface area contributed by atoms with E-state index in [1.54, 1.807) is 27.4 Å². The average Bonchev–Trinajstić information content (AvgIpc) is 2.57. The van der Waals surface area contributed by atoms with Crippen molar-refractivity contribution >= 4 is 14.0 Å². The standard InChI is InChI=1S/C17H30O7Si/c1-8-21-13(3)23-15-10-16(24-14(4)22-9-2)12-17(11-15)25(18-5,19-6)20-7/h10-14H,8-9H2,1-7H3. The highest BCUT2D eigenvalue weighted by Gasteiger charge is 2.41. The molecule has 1 aromatic carbocycles. The molecular formula is C17H30O7Si. The summed E-state index contributed by atoms with van der Waals surface area (Å²) < 4.78 is 39.2. The number of benzene rings is 1. The van der Waals surface area contributed by atoms with Gasteiger partial charge in [-0.1, -0.05) is 0 Å². The maximum Gasteiger partial charge on any atom is 0.536 e. The first-order chi connectivity index (χ1) is 11.9. The molecule has 0 saturated heterocycles. The van der Waals surface area contributed by atoms with Crippen molar-refractivity contribution in [2.24, 2.45) is 0 Å². The highest BCUT2D eigenvalue weighted by molar-refractivity contribution is 6.75. The monoisotopic (exact) mass is 374 g/mol. The van der Waals surface area contributed by atoms with Crippen LogP contribution in [0.3, 0.4) is 0 Å². The molecular weight excluding hydrogens is 344 g/mol. The van der Waals surface area contributed by atoms with Gasteiger partial charge in [-0.3, -0.25) is 0 Å². The fraction of sp³-hybridized carbons (Fsp3) is 0.647. The summed E-state index contributed by atoms with van der Waals surface area (Å²) in [7, 11) is 1.63. The third-order valence-electron chi connectivity index (χ3n) is 3.45. The fourth-order valence-electron chi connectivity index (χ4n) is 2.41. The molecule has 1 aromatic rings. The minimum Gasteiger partial charge on any atom is -0.465 e. The maximum absolute atomic E-state index is 5.82. The van der Waals surface area contributed by atoms with Gasteiger partial charge in [0, 0.05) is 45.8 Å². The predicted molar refractivity (Wildman–Crippen MR) is 96.3 cm³/mol. The van der Waals surface area contributed by atoms with Crippen molar-refractivity contribution in [3.8, 4) is 11.5 Å². The Kier molecular flexibility index (Phi) is 9.40. The molecule has 0 aliphatic heterocycles. The molecule has 8 heteroatoms. The first-order valence-corrected chi connectivity index (χ1v) is 10.0. The topological polar surface area (TPSA) is 64.6 Å². The van der Waals surface area contributed by atoms with Gasteiger partial charge in [-0.15, -0.1) is 0 Å². The zero-order chi connectivity index (χ0) is 18.9. The molecule has 144 valence electrons. The van der Waals surface area contributed by atoms with Crippen molar-refractivity contribution < 1.29 is 32.2 Å². The highest BCUT2D eigenvalue weighted by atomic mass is 28.4. The number of rotatable bonds is 12. The van der Waals surface area contributed by atoms with Gasteiger partial charge in [-0.2, -0.15) is 0 Å². The molecule has 1 rings (SSSR count). The largest absolute Gasteiger partial charge is 0.536 e. The van der Waals surface area contributed by atoms with E-state index in [1.165, 1.54) is 0 Å². The van der Waals surface area contributed by atoms with E-state index in [0.29, 0.717) is 24.7 Å². The summed E-state index contributed by atoms with van der Waals surface area (Å²) in [5.41, 5.74) is 0. The second kappa shape index (κ2) is 10.7. The van der Waals surface area contributed by atoms with E-state index in [9.17, 15) is 0 Å². The van der Waals surface area contributed by atoms with Gasteiger partial charge in [0.25, 0.3) is 0 Å². The minimum absolute atomic E-state index is 0.402. The maximum atomic E-state index is 5.82. The molecule has 0 bridgehead atoms. The number of hydrogen-bond acceptors (Lipinski definition) is 7. The summed E-state index contributed by atoms with van der Waals surface area (Å²) in [5.74, 6) is 1.14. The molecule has 7 nitrogen and oxygen atoms in total. The van der Waals surface area contributed by atoms with E-state index in [2.05, 4.69) is 0 Å². The van der Waals surface area contributed by atoms with E-state index < -0.39 is 21.4 Å². The van der Waals surface area contributed by atoms with Gasteiger partial charge in [-0.25, -0.2) is 0 Å². The highest BCUT2D eigenvalue weighted by Crippen LogP contribution is 2.23. The van der Waals surface area contributed by atoms with Crippen LogP contribution in [0, 0.1) is 0 Å². The third-order valence-corrected chi connectivity index (χ3v) is 6.05. The molecule has 2 unspecified atom stereocenters. The lowest BCUT2D eigenvalue weighted by atomic mass is 10.3. The lowest BCUT2D eigenvalue weighted by Gasteiger charge is -2.26. The zero-order valence-corrected chi connectivity index (χ0v) is 17.2. The van der Waals surface area contributed by atoms with E-state index in [-0.39, 0.29) is 0 Å². The normalized spacial score (nSPS) is 14.2. The lowest BCUT2D eigenvalue weighted by molar-refractivity contribution is -0.0649. The van der Waals surface area contributed by atoms with Gasteiger partial charge in [0.2, 0.25) is 0 Å². The van der Waals surface area contributed by atoms with Gasteiger partial charge < -0.3 is 32.2 Å². The molecule has 2 atom stereocenters. The van der Waals surface area contributed by atoms with Crippen molar-refractivity contribution in [1.29, 1.82) is 0 Å². The average molecular weight is 375 g/mol. The van der Waals surface area contributed by atoms with E-state index in [1.807, 2.05) is 39.8 Å². The lowest BCUT2D eigenvalue weighted by Crippen LogP contribution is -2.54. The van der Waals surface area contributed by atoms with Crippen molar-refractivity contribution in [2.45, 2.75) is 40.3 Å². The smallest absolute Gasteiger partial charge is 0.465 e. The Morgan fingerprint density at radius 2 is 1.16 bits per heavy atom. The van der Waals surface area contributed by atoms with Crippen LogP contribution in [-0.4, -0.2) is 55.9 Å². The van der Waals surface area contributed by atoms with E-state index in [0.717, 1.165) is 5.19 Å². The number of hydrogen-bond donors (Lipinski definition) is 0. The molecule has 0 aromatic heterocycles. The van der Waals surface area contributed by atoms with Gasteiger partial charge in [-0.05, 0) is 39.8 Å². The Balaban J connectivity index is 3.21. The number of ether oxygens (including phenoxy) is 4. The van der Waals surface area contributed by atoms with Crippen molar-refractivity contribution in [3.63, 3.8) is 0 Å². The summed E-state index contributed by atoms with van der Waals surface area (Å²) >= 11 is 0. The molecule has 0 heterocycles. The predicted octanol–water partition coefficient (Wildman–Crippen LogP) is 2.29. The van der Waals surface area contributed by atoms with Crippen LogP contribution >= 0.6 is 0 Å². The molecule has 0 amide bonds. The molecule has 0 radical (unpaired) electrons. The Bertz CT molecular complexity index is 467. The quantitative estimate of drug-likeness (QED) is 0.411. The van der Waals surface area contributed by atoms with Gasteiger partial charge >= 0.3 is 8.80 Å². The second-order valence-electron chi connectivity index (χ2n) is 5.14. The molecule has 0 saturated carbocycles. The van der Waals surface area contributed by atoms with Crippen LogP contribution in [-0.2, 0) is 22.8 Å². The molecule has 0 spiro atoms. The summed E-state index contributed by atoms with van der Waals surface area (Å²) in [6, 6.07) is 5.40. The van der Waals surface area contributed by atoms with Crippen LogP contribution in [0.25, 0.3) is 0 Å². The minimum atomic E-state index is -3.04. The summed E-state index contributed by atoms with van der Waals surface area (Å²) in [4.78, 5) is 0. The van der Waals surface area contributed by atoms with Gasteiger partial charge in [0.1, 0.15) is 11.5 Å². The van der Waals surface area contributed by atoms with Crippen LogP contribution in [0.15, 0.2) is 18.2 Å². The molecule has 25 heavy (non-hydrogen) atoms. The van der Waals surface area contributed by atoms with Gasteiger partial charge in [0.05, 0.1) is 0 Å². The van der Waals surface area contributed by atoms with E-state index >= 15 is 0 Å². The van der Waals surface area contributed by atoms with Crippen molar-refractivity contribution in [2.75, 3.05) is 34.5 Å². The molecule has 0 fully saturated rings. The second-order valence-corrected chi connectivity index (χ2v) is 8.06. The van der Waals surface area contributed by atoms with Crippen LogP contribution in [0.1, 0.15) is 27.7 Å². The molecule has 0 N–H and O–H groups in total. The Morgan fingerprint density at radius 1 is 0.760 bits per heavy atom. The SMILES string of the molecule is CCOC(C)Oc1cc(OC(C)OCC)cc([Si](OC)(OC)OC)c1. The Hall–Kier alpha value is -1.16. The van der Waals surface area contributed by atoms with E-state index in [4.69, 9.17) is 32.2 Å². The zero-order valence-electron chi connectivity index (χ0n) is 16.2. The van der Waals surface area contributed by atoms with Crippen molar-refractivity contribution in [3.05, 3.63) is 18.2 Å². The first-order valence-electron chi connectivity index (χ1n) is 8.32.